The second-order valence-corrected chi connectivity index (χ2v) is 7.61. The predicted molar refractivity (Wildman–Crippen MR) is 110 cm³/mol. The number of nitrogens with zero attached hydrogens (tertiary/aromatic N) is 2. The number of anilines is 1. The standard InChI is InChI=1S/C21H23ClF3N3O2/c1-2-27-7-9-28(10-8-27)13-15-3-5-16(12-17(15)21(23,24)25)26-20(30)14-4-6-18(22)19(29)11-14/h3-6,11-12,29H,2,7-10,13H2,1H3,(H,26,30). The number of halogens is 4. The van der Waals surface area contributed by atoms with Gasteiger partial charge in [0.25, 0.3) is 5.91 Å². The lowest BCUT2D eigenvalue weighted by Crippen LogP contribution is -2.45. The van der Waals surface area contributed by atoms with Crippen LogP contribution in [0.25, 0.3) is 0 Å². The molecule has 3 rings (SSSR count). The lowest BCUT2D eigenvalue weighted by molar-refractivity contribution is -0.138. The van der Waals surface area contributed by atoms with Gasteiger partial charge in [0, 0.05) is 44.0 Å². The van der Waals surface area contributed by atoms with Crippen molar-refractivity contribution in [3.63, 3.8) is 0 Å². The molecule has 1 fully saturated rings. The van der Waals surface area contributed by atoms with Crippen LogP contribution in [-0.4, -0.2) is 53.5 Å². The van der Waals surface area contributed by atoms with Crippen molar-refractivity contribution in [1.29, 1.82) is 0 Å². The third kappa shape index (κ3) is 5.44. The molecular weight excluding hydrogens is 419 g/mol. The zero-order valence-corrected chi connectivity index (χ0v) is 17.2. The zero-order chi connectivity index (χ0) is 21.9. The van der Waals surface area contributed by atoms with Crippen LogP contribution >= 0.6 is 11.6 Å². The van der Waals surface area contributed by atoms with E-state index >= 15 is 0 Å². The number of nitrogens with one attached hydrogen (secondary N) is 1. The van der Waals surface area contributed by atoms with Crippen LogP contribution in [0.3, 0.4) is 0 Å². The zero-order valence-electron chi connectivity index (χ0n) is 16.5. The Morgan fingerprint density at radius 2 is 1.77 bits per heavy atom. The Balaban J connectivity index is 1.77. The van der Waals surface area contributed by atoms with Crippen LogP contribution in [0.15, 0.2) is 36.4 Å². The van der Waals surface area contributed by atoms with E-state index in [1.807, 2.05) is 4.90 Å². The average molecular weight is 442 g/mol. The molecule has 0 bridgehead atoms. The summed E-state index contributed by atoms with van der Waals surface area (Å²) in [6.07, 6.45) is -4.54. The summed E-state index contributed by atoms with van der Waals surface area (Å²) in [4.78, 5) is 16.6. The number of piperazine rings is 1. The average Bonchev–Trinajstić information content (AvgIpc) is 2.71. The number of hydrogen-bond donors (Lipinski definition) is 2. The molecule has 1 saturated heterocycles. The smallest absolute Gasteiger partial charge is 0.416 e. The first kappa shape index (κ1) is 22.4. The highest BCUT2D eigenvalue weighted by atomic mass is 35.5. The number of phenolic OH excluding ortho intramolecular Hbond substituents is 1. The molecule has 0 unspecified atom stereocenters. The van der Waals surface area contributed by atoms with Gasteiger partial charge in [-0.2, -0.15) is 13.2 Å². The van der Waals surface area contributed by atoms with Crippen LogP contribution in [0.2, 0.25) is 5.02 Å². The van der Waals surface area contributed by atoms with Crippen LogP contribution in [-0.2, 0) is 12.7 Å². The molecule has 0 aliphatic carbocycles. The monoisotopic (exact) mass is 441 g/mol. The Bertz CT molecular complexity index is 913. The molecule has 0 saturated carbocycles. The Hall–Kier alpha value is -2.29. The number of alkyl halides is 3. The molecule has 30 heavy (non-hydrogen) atoms. The number of carbonyl (C=O) groups excluding carboxylic acids is 1. The van der Waals surface area contributed by atoms with Crippen LogP contribution < -0.4 is 5.32 Å². The van der Waals surface area contributed by atoms with E-state index in [1.165, 1.54) is 24.3 Å². The minimum Gasteiger partial charge on any atom is -0.506 e. The topological polar surface area (TPSA) is 55.8 Å². The minimum atomic E-state index is -4.54. The SMILES string of the molecule is CCN1CCN(Cc2ccc(NC(=O)c3ccc(Cl)c(O)c3)cc2C(F)(F)F)CC1. The highest BCUT2D eigenvalue weighted by molar-refractivity contribution is 6.32. The highest BCUT2D eigenvalue weighted by Gasteiger charge is 2.34. The normalized spacial score (nSPS) is 15.9. The van der Waals surface area contributed by atoms with Crippen molar-refractivity contribution < 1.29 is 23.1 Å². The summed E-state index contributed by atoms with van der Waals surface area (Å²) < 4.78 is 41.0. The molecule has 1 amide bonds. The van der Waals surface area contributed by atoms with Gasteiger partial charge < -0.3 is 15.3 Å². The van der Waals surface area contributed by atoms with Crippen molar-refractivity contribution in [3.8, 4) is 5.75 Å². The van der Waals surface area contributed by atoms with E-state index in [-0.39, 0.29) is 34.1 Å². The Morgan fingerprint density at radius 1 is 1.10 bits per heavy atom. The van der Waals surface area contributed by atoms with Gasteiger partial charge in [-0.15, -0.1) is 0 Å². The van der Waals surface area contributed by atoms with Gasteiger partial charge in [-0.1, -0.05) is 24.6 Å². The molecule has 0 radical (unpaired) electrons. The maximum absolute atomic E-state index is 13.7. The van der Waals surface area contributed by atoms with E-state index < -0.39 is 17.6 Å². The number of amides is 1. The third-order valence-corrected chi connectivity index (χ3v) is 5.51. The van der Waals surface area contributed by atoms with Crippen molar-refractivity contribution in [1.82, 2.24) is 9.80 Å². The van der Waals surface area contributed by atoms with E-state index in [0.717, 1.165) is 31.8 Å². The number of likely N-dealkylation sites (N-methyl/N-ethyl adjacent to an activating group) is 1. The number of carbonyl (C=O) groups is 1. The molecule has 9 heteroatoms. The molecule has 5 nitrogen and oxygen atoms in total. The van der Waals surface area contributed by atoms with E-state index in [1.54, 1.807) is 0 Å². The number of phenols is 1. The molecular formula is C21H23ClF3N3O2. The van der Waals surface area contributed by atoms with Crippen LogP contribution in [0.1, 0.15) is 28.4 Å². The first-order chi connectivity index (χ1) is 14.2. The first-order valence-corrected chi connectivity index (χ1v) is 10.00. The summed E-state index contributed by atoms with van der Waals surface area (Å²) >= 11 is 5.72. The summed E-state index contributed by atoms with van der Waals surface area (Å²) in [5, 5.41) is 12.1. The fraction of sp³-hybridized carbons (Fsp3) is 0.381. The summed E-state index contributed by atoms with van der Waals surface area (Å²) in [6, 6.07) is 7.70. The van der Waals surface area contributed by atoms with Crippen molar-refractivity contribution in [2.24, 2.45) is 0 Å². The molecule has 2 N–H and O–H groups in total. The van der Waals surface area contributed by atoms with Crippen molar-refractivity contribution in [2.75, 3.05) is 38.0 Å². The van der Waals surface area contributed by atoms with E-state index in [2.05, 4.69) is 17.1 Å². The number of benzene rings is 2. The second-order valence-electron chi connectivity index (χ2n) is 7.20. The van der Waals surface area contributed by atoms with E-state index in [4.69, 9.17) is 11.6 Å². The summed E-state index contributed by atoms with van der Waals surface area (Å²) in [5.74, 6) is -0.919. The van der Waals surface area contributed by atoms with Gasteiger partial charge in [0.2, 0.25) is 0 Å². The largest absolute Gasteiger partial charge is 0.506 e. The van der Waals surface area contributed by atoms with E-state index in [9.17, 15) is 23.1 Å². The Kier molecular flexibility index (Phi) is 6.90. The van der Waals surface area contributed by atoms with Crippen LogP contribution in [0.4, 0.5) is 18.9 Å². The fourth-order valence-electron chi connectivity index (χ4n) is 3.42. The van der Waals surface area contributed by atoms with Gasteiger partial charge >= 0.3 is 6.18 Å². The van der Waals surface area contributed by atoms with Crippen LogP contribution in [0, 0.1) is 0 Å². The first-order valence-electron chi connectivity index (χ1n) is 9.62. The summed E-state index contributed by atoms with van der Waals surface area (Å²) in [5.41, 5.74) is -0.476. The van der Waals surface area contributed by atoms with Crippen molar-refractivity contribution >= 4 is 23.2 Å². The van der Waals surface area contributed by atoms with Gasteiger partial charge in [0.1, 0.15) is 5.75 Å². The van der Waals surface area contributed by atoms with Gasteiger partial charge in [0.05, 0.1) is 10.6 Å². The van der Waals surface area contributed by atoms with Gasteiger partial charge in [-0.05, 0) is 42.4 Å². The van der Waals surface area contributed by atoms with Crippen molar-refractivity contribution in [3.05, 3.63) is 58.1 Å². The molecule has 1 aliphatic heterocycles. The maximum atomic E-state index is 13.7. The third-order valence-electron chi connectivity index (χ3n) is 5.19. The molecule has 1 heterocycles. The molecule has 2 aromatic carbocycles. The Labute approximate surface area is 178 Å². The lowest BCUT2D eigenvalue weighted by atomic mass is 10.0. The summed E-state index contributed by atoms with van der Waals surface area (Å²) in [6.45, 7) is 6.29. The van der Waals surface area contributed by atoms with Crippen molar-refractivity contribution in [2.45, 2.75) is 19.6 Å². The molecule has 2 aromatic rings. The fourth-order valence-corrected chi connectivity index (χ4v) is 3.54. The van der Waals surface area contributed by atoms with Gasteiger partial charge in [0.15, 0.2) is 0 Å². The molecule has 0 spiro atoms. The number of rotatable bonds is 5. The maximum Gasteiger partial charge on any atom is 0.416 e. The van der Waals surface area contributed by atoms with E-state index in [0.29, 0.717) is 13.1 Å². The molecule has 0 aromatic heterocycles. The lowest BCUT2D eigenvalue weighted by Gasteiger charge is -2.34. The van der Waals surface area contributed by atoms with Gasteiger partial charge in [-0.25, -0.2) is 0 Å². The second kappa shape index (κ2) is 9.24. The number of hydrogen-bond acceptors (Lipinski definition) is 4. The molecule has 1 aliphatic rings. The quantitative estimate of drug-likeness (QED) is 0.719. The Morgan fingerprint density at radius 3 is 2.37 bits per heavy atom. The van der Waals surface area contributed by atoms with Crippen LogP contribution in [0.5, 0.6) is 5.75 Å². The number of aromatic hydroxyl groups is 1. The molecule has 162 valence electrons. The molecule has 0 atom stereocenters. The van der Waals surface area contributed by atoms with Gasteiger partial charge in [-0.3, -0.25) is 9.69 Å². The highest BCUT2D eigenvalue weighted by Crippen LogP contribution is 2.35. The predicted octanol–water partition coefficient (Wildman–Crippen LogP) is 4.45. The summed E-state index contributed by atoms with van der Waals surface area (Å²) in [7, 11) is 0. The minimum absolute atomic E-state index is 0.0290.